The first-order chi connectivity index (χ1) is 14.7. The van der Waals surface area contributed by atoms with Gasteiger partial charge in [-0.15, -0.1) is 15.3 Å². The quantitative estimate of drug-likeness (QED) is 0.582. The summed E-state index contributed by atoms with van der Waals surface area (Å²) >= 11 is 6.34. The Bertz CT molecular complexity index is 1020. The maximum Gasteiger partial charge on any atom is 0.223 e. The average Bonchev–Trinajstić information content (AvgIpc) is 3.20. The van der Waals surface area contributed by atoms with Gasteiger partial charge in [0.05, 0.1) is 5.02 Å². The highest BCUT2D eigenvalue weighted by Gasteiger charge is 2.26. The van der Waals surface area contributed by atoms with Crippen LogP contribution >= 0.6 is 11.6 Å². The van der Waals surface area contributed by atoms with E-state index in [4.69, 9.17) is 21.4 Å². The van der Waals surface area contributed by atoms with Gasteiger partial charge in [0.1, 0.15) is 5.82 Å². The number of nitrogens with one attached hydrogen (secondary N) is 1. The van der Waals surface area contributed by atoms with Crippen LogP contribution in [0.3, 0.4) is 0 Å². The van der Waals surface area contributed by atoms with Crippen LogP contribution in [0.4, 0.5) is 5.82 Å². The molecule has 1 fully saturated rings. The van der Waals surface area contributed by atoms with E-state index in [0.29, 0.717) is 29.6 Å². The second kappa shape index (κ2) is 9.40. The number of piperidine rings is 1. The first kappa shape index (κ1) is 20.6. The third-order valence-corrected chi connectivity index (χ3v) is 5.71. The molecule has 0 bridgehead atoms. The minimum Gasteiger partial charge on any atom is -0.385 e. The van der Waals surface area contributed by atoms with E-state index in [1.165, 1.54) is 0 Å². The van der Waals surface area contributed by atoms with Crippen molar-refractivity contribution < 1.29 is 9.53 Å². The van der Waals surface area contributed by atoms with Gasteiger partial charge in [-0.05, 0) is 43.5 Å². The smallest absolute Gasteiger partial charge is 0.223 e. The van der Waals surface area contributed by atoms with Crippen molar-refractivity contribution >= 4 is 29.0 Å². The van der Waals surface area contributed by atoms with Crippen LogP contribution in [0.2, 0.25) is 5.02 Å². The first-order valence-electron chi connectivity index (χ1n) is 10.2. The Hall–Kier alpha value is -2.71. The number of benzene rings is 1. The van der Waals surface area contributed by atoms with Crippen molar-refractivity contribution in [2.24, 2.45) is 5.92 Å². The Morgan fingerprint density at radius 2 is 2.00 bits per heavy atom. The maximum atomic E-state index is 12.4. The highest BCUT2D eigenvalue weighted by atomic mass is 35.5. The van der Waals surface area contributed by atoms with Crippen LogP contribution in [0, 0.1) is 5.92 Å². The number of hydrogen-bond donors (Lipinski definition) is 1. The summed E-state index contributed by atoms with van der Waals surface area (Å²) < 4.78 is 6.74. The Kier molecular flexibility index (Phi) is 6.44. The Balaban J connectivity index is 1.44. The first-order valence-corrected chi connectivity index (χ1v) is 10.5. The minimum absolute atomic E-state index is 0.0427. The summed E-state index contributed by atoms with van der Waals surface area (Å²) in [6, 6.07) is 11.4. The molecule has 30 heavy (non-hydrogen) atoms. The van der Waals surface area contributed by atoms with Crippen molar-refractivity contribution in [3.8, 4) is 11.4 Å². The summed E-state index contributed by atoms with van der Waals surface area (Å²) in [5.74, 6) is 1.63. The van der Waals surface area contributed by atoms with Crippen molar-refractivity contribution in [1.82, 2.24) is 25.1 Å². The van der Waals surface area contributed by atoms with Crippen LogP contribution in [-0.4, -0.2) is 59.1 Å². The van der Waals surface area contributed by atoms with Crippen molar-refractivity contribution in [2.45, 2.75) is 19.3 Å². The molecule has 2 aromatic heterocycles. The normalized spacial score (nSPS) is 14.9. The number of nitrogens with zero attached hydrogens (tertiary/aromatic N) is 5. The van der Waals surface area contributed by atoms with Gasteiger partial charge in [-0.25, -0.2) is 0 Å². The molecule has 0 unspecified atom stereocenters. The molecule has 3 aromatic rings. The lowest BCUT2D eigenvalue weighted by atomic mass is 9.96. The van der Waals surface area contributed by atoms with Crippen LogP contribution in [0.25, 0.3) is 17.0 Å². The molecule has 8 nitrogen and oxygen atoms in total. The molecule has 158 valence electrons. The topological polar surface area (TPSA) is 84.6 Å². The molecule has 9 heteroatoms. The van der Waals surface area contributed by atoms with Crippen molar-refractivity contribution in [2.75, 3.05) is 38.3 Å². The SMILES string of the molecule is COCCCNC(=O)C1CCN(c2ccc3nnc(-c4ccccc4Cl)n3n2)CC1. The molecule has 3 heterocycles. The molecule has 0 aliphatic carbocycles. The number of hydrogen-bond acceptors (Lipinski definition) is 6. The Labute approximate surface area is 180 Å². The summed E-state index contributed by atoms with van der Waals surface area (Å²) in [4.78, 5) is 14.6. The number of aromatic nitrogens is 4. The van der Waals surface area contributed by atoms with E-state index in [-0.39, 0.29) is 11.8 Å². The second-order valence-corrected chi connectivity index (χ2v) is 7.77. The summed E-state index contributed by atoms with van der Waals surface area (Å²) in [5.41, 5.74) is 1.46. The van der Waals surface area contributed by atoms with Crippen molar-refractivity contribution in [1.29, 1.82) is 0 Å². The van der Waals surface area contributed by atoms with Gasteiger partial charge in [-0.2, -0.15) is 4.52 Å². The Morgan fingerprint density at radius 3 is 2.77 bits per heavy atom. The van der Waals surface area contributed by atoms with E-state index in [1.54, 1.807) is 11.6 Å². The number of methoxy groups -OCH3 is 1. The molecule has 1 amide bonds. The molecule has 1 N–H and O–H groups in total. The monoisotopic (exact) mass is 428 g/mol. The molecule has 0 atom stereocenters. The standard InChI is InChI=1S/C21H25ClN6O2/c1-30-14-4-11-23-21(29)15-9-12-27(13-10-15)19-8-7-18-24-25-20(28(18)26-19)16-5-2-3-6-17(16)22/h2-3,5-8,15H,4,9-14H2,1H3,(H,23,29). The minimum atomic E-state index is 0.0427. The third kappa shape index (κ3) is 4.39. The molecule has 0 spiro atoms. The van der Waals surface area contributed by atoms with E-state index >= 15 is 0 Å². The maximum absolute atomic E-state index is 12.4. The average molecular weight is 429 g/mol. The molecule has 1 aliphatic heterocycles. The largest absolute Gasteiger partial charge is 0.385 e. The summed E-state index contributed by atoms with van der Waals surface area (Å²) in [6.07, 6.45) is 2.43. The molecular weight excluding hydrogens is 404 g/mol. The molecule has 0 radical (unpaired) electrons. The molecule has 1 aliphatic rings. The molecule has 1 saturated heterocycles. The van der Waals surface area contributed by atoms with Crippen LogP contribution in [0.15, 0.2) is 36.4 Å². The number of rotatable bonds is 7. The lowest BCUT2D eigenvalue weighted by molar-refractivity contribution is -0.125. The summed E-state index contributed by atoms with van der Waals surface area (Å²) in [6.45, 7) is 2.87. The predicted molar refractivity (Wildman–Crippen MR) is 116 cm³/mol. The van der Waals surface area contributed by atoms with E-state index < -0.39 is 0 Å². The summed E-state index contributed by atoms with van der Waals surface area (Å²) in [7, 11) is 1.67. The zero-order chi connectivity index (χ0) is 20.9. The number of carbonyl (C=O) groups is 1. The number of fused-ring (bicyclic) bond motifs is 1. The van der Waals surface area contributed by atoms with Crippen LogP contribution < -0.4 is 10.2 Å². The van der Waals surface area contributed by atoms with E-state index in [9.17, 15) is 4.79 Å². The van der Waals surface area contributed by atoms with Crippen molar-refractivity contribution in [3.05, 3.63) is 41.4 Å². The molecule has 0 saturated carbocycles. The molecule has 1 aromatic carbocycles. The lowest BCUT2D eigenvalue weighted by Gasteiger charge is -2.32. The number of ether oxygens (including phenoxy) is 1. The highest BCUT2D eigenvalue weighted by Crippen LogP contribution is 2.27. The zero-order valence-electron chi connectivity index (χ0n) is 16.9. The second-order valence-electron chi connectivity index (χ2n) is 7.36. The Morgan fingerprint density at radius 1 is 1.20 bits per heavy atom. The fraction of sp³-hybridized carbons (Fsp3) is 0.429. The fourth-order valence-corrected chi connectivity index (χ4v) is 3.92. The molecular formula is C21H25ClN6O2. The molecule has 4 rings (SSSR count). The number of anilines is 1. The van der Waals surface area contributed by atoms with Crippen LogP contribution in [-0.2, 0) is 9.53 Å². The number of amides is 1. The highest BCUT2D eigenvalue weighted by molar-refractivity contribution is 6.33. The fourth-order valence-electron chi connectivity index (χ4n) is 3.70. The van der Waals surface area contributed by atoms with E-state index in [2.05, 4.69) is 20.4 Å². The van der Waals surface area contributed by atoms with E-state index in [0.717, 1.165) is 43.7 Å². The van der Waals surface area contributed by atoms with Gasteiger partial charge in [0, 0.05) is 44.8 Å². The van der Waals surface area contributed by atoms with Gasteiger partial charge in [-0.3, -0.25) is 4.79 Å². The lowest BCUT2D eigenvalue weighted by Crippen LogP contribution is -2.41. The number of carbonyl (C=O) groups excluding carboxylic acids is 1. The van der Waals surface area contributed by atoms with Gasteiger partial charge in [-0.1, -0.05) is 23.7 Å². The van der Waals surface area contributed by atoms with E-state index in [1.807, 2.05) is 36.4 Å². The third-order valence-electron chi connectivity index (χ3n) is 5.38. The van der Waals surface area contributed by atoms with Gasteiger partial charge < -0.3 is 15.0 Å². The van der Waals surface area contributed by atoms with Gasteiger partial charge in [0.25, 0.3) is 0 Å². The van der Waals surface area contributed by atoms with Gasteiger partial charge in [0.2, 0.25) is 5.91 Å². The summed E-state index contributed by atoms with van der Waals surface area (Å²) in [5, 5.41) is 16.9. The van der Waals surface area contributed by atoms with Crippen LogP contribution in [0.5, 0.6) is 0 Å². The van der Waals surface area contributed by atoms with Crippen LogP contribution in [0.1, 0.15) is 19.3 Å². The number of halogens is 1. The predicted octanol–water partition coefficient (Wildman–Crippen LogP) is 2.81. The van der Waals surface area contributed by atoms with Gasteiger partial charge in [0.15, 0.2) is 11.5 Å². The van der Waals surface area contributed by atoms with Crippen molar-refractivity contribution in [3.63, 3.8) is 0 Å². The zero-order valence-corrected chi connectivity index (χ0v) is 17.7. The van der Waals surface area contributed by atoms with Gasteiger partial charge >= 0.3 is 0 Å².